The molecule has 2 heterocycles. The lowest BCUT2D eigenvalue weighted by molar-refractivity contribution is 0.0601. The predicted molar refractivity (Wildman–Crippen MR) is 108 cm³/mol. The minimum absolute atomic E-state index is 0.353. The highest BCUT2D eigenvalue weighted by Crippen LogP contribution is 2.31. The molecule has 26 heavy (non-hydrogen) atoms. The lowest BCUT2D eigenvalue weighted by atomic mass is 10.1. The second-order valence-electron chi connectivity index (χ2n) is 5.64. The van der Waals surface area contributed by atoms with Crippen molar-refractivity contribution in [2.75, 3.05) is 12.4 Å². The number of hydrogen-bond donors (Lipinski definition) is 1. The van der Waals surface area contributed by atoms with Crippen molar-refractivity contribution in [1.29, 1.82) is 0 Å². The van der Waals surface area contributed by atoms with Gasteiger partial charge in [-0.05, 0) is 59.6 Å². The zero-order valence-corrected chi connectivity index (χ0v) is 17.1. The third-order valence-corrected chi connectivity index (χ3v) is 5.61. The SMILES string of the molecule is CCc1c(C)nc(-c2cc(Br)cs2)nc1Nc1ccc(C(=O)OC)cc1. The van der Waals surface area contributed by atoms with E-state index in [1.165, 1.54) is 7.11 Å². The molecule has 134 valence electrons. The van der Waals surface area contributed by atoms with Crippen LogP contribution in [0.2, 0.25) is 0 Å². The molecule has 3 rings (SSSR count). The Morgan fingerprint density at radius 2 is 2.00 bits per heavy atom. The van der Waals surface area contributed by atoms with E-state index in [-0.39, 0.29) is 5.97 Å². The number of anilines is 2. The summed E-state index contributed by atoms with van der Waals surface area (Å²) in [4.78, 5) is 22.0. The predicted octanol–water partition coefficient (Wildman–Crippen LogP) is 5.37. The molecule has 0 fully saturated rings. The van der Waals surface area contributed by atoms with Crippen LogP contribution < -0.4 is 5.32 Å². The zero-order valence-electron chi connectivity index (χ0n) is 14.7. The van der Waals surface area contributed by atoms with Crippen LogP contribution in [0, 0.1) is 6.92 Å². The molecule has 7 heteroatoms. The fourth-order valence-electron chi connectivity index (χ4n) is 2.61. The number of methoxy groups -OCH3 is 1. The first-order valence-corrected chi connectivity index (χ1v) is 9.76. The van der Waals surface area contributed by atoms with Gasteiger partial charge in [-0.15, -0.1) is 11.3 Å². The molecule has 0 atom stereocenters. The third-order valence-electron chi connectivity index (χ3n) is 3.92. The largest absolute Gasteiger partial charge is 0.465 e. The maximum absolute atomic E-state index is 11.6. The Hall–Kier alpha value is -2.25. The van der Waals surface area contributed by atoms with Crippen LogP contribution in [0.4, 0.5) is 11.5 Å². The molecule has 0 bridgehead atoms. The zero-order chi connectivity index (χ0) is 18.7. The molecule has 0 aliphatic rings. The van der Waals surface area contributed by atoms with E-state index in [0.717, 1.165) is 38.5 Å². The van der Waals surface area contributed by atoms with Gasteiger partial charge < -0.3 is 10.1 Å². The van der Waals surface area contributed by atoms with Crippen molar-refractivity contribution in [3.63, 3.8) is 0 Å². The topological polar surface area (TPSA) is 64.1 Å². The summed E-state index contributed by atoms with van der Waals surface area (Å²) in [7, 11) is 1.37. The summed E-state index contributed by atoms with van der Waals surface area (Å²) in [5, 5.41) is 5.37. The summed E-state index contributed by atoms with van der Waals surface area (Å²) in [6, 6.07) is 9.14. The number of carbonyl (C=O) groups is 1. The van der Waals surface area contributed by atoms with E-state index < -0.39 is 0 Å². The number of benzene rings is 1. The van der Waals surface area contributed by atoms with Crippen molar-refractivity contribution in [3.8, 4) is 10.7 Å². The number of halogens is 1. The van der Waals surface area contributed by atoms with Crippen molar-refractivity contribution >= 4 is 44.7 Å². The molecule has 5 nitrogen and oxygen atoms in total. The molecule has 0 amide bonds. The van der Waals surface area contributed by atoms with Gasteiger partial charge in [-0.2, -0.15) is 0 Å². The van der Waals surface area contributed by atoms with Crippen molar-refractivity contribution in [2.24, 2.45) is 0 Å². The number of nitrogens with one attached hydrogen (secondary N) is 1. The summed E-state index contributed by atoms with van der Waals surface area (Å²) in [6.07, 6.45) is 0.822. The van der Waals surface area contributed by atoms with Crippen molar-refractivity contribution < 1.29 is 9.53 Å². The van der Waals surface area contributed by atoms with Gasteiger partial charge in [0.25, 0.3) is 0 Å². The van der Waals surface area contributed by atoms with Crippen LogP contribution in [-0.2, 0) is 11.2 Å². The number of aryl methyl sites for hydroxylation is 1. The smallest absolute Gasteiger partial charge is 0.337 e. The standard InChI is InChI=1S/C19H18BrN3O2S/c1-4-15-11(2)21-18(16-9-13(20)10-26-16)23-17(15)22-14-7-5-12(6-8-14)19(24)25-3/h5-10H,4H2,1-3H3,(H,21,22,23). The Morgan fingerprint density at radius 3 is 2.58 bits per heavy atom. The number of thiophene rings is 1. The van der Waals surface area contributed by atoms with Gasteiger partial charge in [0.05, 0.1) is 17.6 Å². The molecule has 0 saturated heterocycles. The van der Waals surface area contributed by atoms with Crippen LogP contribution >= 0.6 is 27.3 Å². The number of ether oxygens (including phenoxy) is 1. The lowest BCUT2D eigenvalue weighted by Gasteiger charge is -2.14. The minimum Gasteiger partial charge on any atom is -0.465 e. The molecule has 1 N–H and O–H groups in total. The summed E-state index contributed by atoms with van der Waals surface area (Å²) in [6.45, 7) is 4.08. The van der Waals surface area contributed by atoms with Crippen LogP contribution in [-0.4, -0.2) is 23.0 Å². The van der Waals surface area contributed by atoms with Gasteiger partial charge in [0, 0.05) is 26.8 Å². The van der Waals surface area contributed by atoms with Gasteiger partial charge in [0.15, 0.2) is 5.82 Å². The van der Waals surface area contributed by atoms with E-state index in [1.54, 1.807) is 23.5 Å². The molecular formula is C19H18BrN3O2S. The first kappa shape index (κ1) is 18.5. The fourth-order valence-corrected chi connectivity index (χ4v) is 3.97. The summed E-state index contributed by atoms with van der Waals surface area (Å²) < 4.78 is 5.75. The molecule has 0 radical (unpaired) electrons. The number of nitrogens with zero attached hydrogens (tertiary/aromatic N) is 2. The quantitative estimate of drug-likeness (QED) is 0.550. The number of esters is 1. The highest BCUT2D eigenvalue weighted by Gasteiger charge is 2.14. The molecule has 1 aromatic carbocycles. The minimum atomic E-state index is -0.353. The number of carbonyl (C=O) groups excluding carboxylic acids is 1. The fraction of sp³-hybridized carbons (Fsp3) is 0.211. The second kappa shape index (κ2) is 7.97. The van der Waals surface area contributed by atoms with Crippen molar-refractivity contribution in [3.05, 3.63) is 57.0 Å². The van der Waals surface area contributed by atoms with E-state index in [4.69, 9.17) is 9.72 Å². The average molecular weight is 432 g/mol. The van der Waals surface area contributed by atoms with E-state index >= 15 is 0 Å². The van der Waals surface area contributed by atoms with Gasteiger partial charge in [0.2, 0.25) is 0 Å². The van der Waals surface area contributed by atoms with Gasteiger partial charge in [-0.3, -0.25) is 0 Å². The van der Waals surface area contributed by atoms with Crippen LogP contribution in [0.25, 0.3) is 10.7 Å². The van der Waals surface area contributed by atoms with Crippen molar-refractivity contribution in [1.82, 2.24) is 9.97 Å². The van der Waals surface area contributed by atoms with E-state index in [2.05, 4.69) is 33.2 Å². The molecule has 0 saturated carbocycles. The summed E-state index contributed by atoms with van der Waals surface area (Å²) in [5.74, 6) is 1.13. The maximum atomic E-state index is 11.6. The second-order valence-corrected chi connectivity index (χ2v) is 7.46. The summed E-state index contributed by atoms with van der Waals surface area (Å²) in [5.41, 5.74) is 3.39. The van der Waals surface area contributed by atoms with Crippen LogP contribution in [0.5, 0.6) is 0 Å². The monoisotopic (exact) mass is 431 g/mol. The van der Waals surface area contributed by atoms with Crippen LogP contribution in [0.1, 0.15) is 28.5 Å². The Labute approximate surface area is 164 Å². The van der Waals surface area contributed by atoms with E-state index in [1.807, 2.05) is 30.5 Å². The van der Waals surface area contributed by atoms with Gasteiger partial charge in [-0.1, -0.05) is 6.92 Å². The Kier molecular flexibility index (Phi) is 5.68. The van der Waals surface area contributed by atoms with Gasteiger partial charge in [-0.25, -0.2) is 14.8 Å². The van der Waals surface area contributed by atoms with Crippen LogP contribution in [0.3, 0.4) is 0 Å². The molecule has 0 aliphatic carbocycles. The first-order chi connectivity index (χ1) is 12.5. The highest BCUT2D eigenvalue weighted by atomic mass is 79.9. The number of rotatable bonds is 5. The molecule has 3 aromatic rings. The van der Waals surface area contributed by atoms with E-state index in [9.17, 15) is 4.79 Å². The molecule has 2 aromatic heterocycles. The van der Waals surface area contributed by atoms with Crippen LogP contribution in [0.15, 0.2) is 40.2 Å². The first-order valence-electron chi connectivity index (χ1n) is 8.09. The average Bonchev–Trinajstić information content (AvgIpc) is 3.08. The molecular weight excluding hydrogens is 414 g/mol. The normalized spacial score (nSPS) is 10.6. The number of aromatic nitrogens is 2. The Balaban J connectivity index is 1.95. The highest BCUT2D eigenvalue weighted by molar-refractivity contribution is 9.10. The summed E-state index contributed by atoms with van der Waals surface area (Å²) >= 11 is 5.07. The van der Waals surface area contributed by atoms with Gasteiger partial charge >= 0.3 is 5.97 Å². The Morgan fingerprint density at radius 1 is 1.27 bits per heavy atom. The molecule has 0 aliphatic heterocycles. The lowest BCUT2D eigenvalue weighted by Crippen LogP contribution is -2.05. The molecule has 0 spiro atoms. The number of hydrogen-bond acceptors (Lipinski definition) is 6. The Bertz CT molecular complexity index is 938. The molecule has 0 unspecified atom stereocenters. The van der Waals surface area contributed by atoms with E-state index in [0.29, 0.717) is 11.4 Å². The van der Waals surface area contributed by atoms with Gasteiger partial charge in [0.1, 0.15) is 5.82 Å². The maximum Gasteiger partial charge on any atom is 0.337 e. The third kappa shape index (κ3) is 3.94. The van der Waals surface area contributed by atoms with Crippen molar-refractivity contribution in [2.45, 2.75) is 20.3 Å².